The van der Waals surface area contributed by atoms with Gasteiger partial charge >= 0.3 is 0 Å². The Labute approximate surface area is 127 Å². The summed E-state index contributed by atoms with van der Waals surface area (Å²) in [5.41, 5.74) is 3.46. The van der Waals surface area contributed by atoms with E-state index in [2.05, 4.69) is 20.5 Å². The number of nitrogens with zero attached hydrogens (tertiary/aromatic N) is 2. The minimum atomic E-state index is -0.259. The van der Waals surface area contributed by atoms with Gasteiger partial charge in [0.15, 0.2) is 0 Å². The SMILES string of the molecule is CCCOc1ccc(C=NNc2nc(C)cc(=O)[nH]2)c(O)c1. The fourth-order valence-electron chi connectivity index (χ4n) is 1.74. The summed E-state index contributed by atoms with van der Waals surface area (Å²) in [7, 11) is 0. The number of phenolic OH excluding ortho intramolecular Hbond substituents is 1. The van der Waals surface area contributed by atoms with Gasteiger partial charge in [0.1, 0.15) is 11.5 Å². The largest absolute Gasteiger partial charge is 0.507 e. The lowest BCUT2D eigenvalue weighted by molar-refractivity contribution is 0.315. The lowest BCUT2D eigenvalue weighted by atomic mass is 10.2. The Morgan fingerprint density at radius 1 is 1.45 bits per heavy atom. The summed E-state index contributed by atoms with van der Waals surface area (Å²) in [5, 5.41) is 13.8. The van der Waals surface area contributed by atoms with Crippen molar-refractivity contribution in [1.82, 2.24) is 9.97 Å². The highest BCUT2D eigenvalue weighted by atomic mass is 16.5. The molecular formula is C15H18N4O3. The number of anilines is 1. The molecule has 0 atom stereocenters. The molecule has 2 rings (SSSR count). The van der Waals surface area contributed by atoms with Crippen LogP contribution in [0.2, 0.25) is 0 Å². The minimum Gasteiger partial charge on any atom is -0.507 e. The Balaban J connectivity index is 2.05. The molecule has 1 aromatic heterocycles. The number of phenols is 1. The first-order chi connectivity index (χ1) is 10.6. The van der Waals surface area contributed by atoms with Crippen molar-refractivity contribution >= 4 is 12.2 Å². The molecule has 0 aliphatic heterocycles. The number of hydrogen-bond donors (Lipinski definition) is 3. The summed E-state index contributed by atoms with van der Waals surface area (Å²) in [5.74, 6) is 0.905. The molecule has 2 aromatic rings. The Kier molecular flexibility index (Phi) is 5.13. The van der Waals surface area contributed by atoms with Gasteiger partial charge < -0.3 is 9.84 Å². The van der Waals surface area contributed by atoms with Crippen molar-refractivity contribution in [2.75, 3.05) is 12.0 Å². The molecule has 1 aromatic carbocycles. The minimum absolute atomic E-state index is 0.0600. The van der Waals surface area contributed by atoms with Crippen molar-refractivity contribution in [3.8, 4) is 11.5 Å². The lowest BCUT2D eigenvalue weighted by Crippen LogP contribution is -2.10. The number of aromatic nitrogens is 2. The summed E-state index contributed by atoms with van der Waals surface area (Å²) in [6, 6.07) is 6.36. The van der Waals surface area contributed by atoms with E-state index in [4.69, 9.17) is 4.74 Å². The van der Waals surface area contributed by atoms with Crippen LogP contribution in [-0.2, 0) is 0 Å². The number of benzene rings is 1. The molecule has 7 heteroatoms. The molecule has 1 heterocycles. The molecule has 0 aliphatic carbocycles. The fraction of sp³-hybridized carbons (Fsp3) is 0.267. The first-order valence-corrected chi connectivity index (χ1v) is 6.91. The van der Waals surface area contributed by atoms with Gasteiger partial charge in [0.05, 0.1) is 12.8 Å². The quantitative estimate of drug-likeness (QED) is 0.560. The third-order valence-electron chi connectivity index (χ3n) is 2.72. The van der Waals surface area contributed by atoms with Crippen LogP contribution in [0, 0.1) is 6.92 Å². The van der Waals surface area contributed by atoms with Gasteiger partial charge in [-0.1, -0.05) is 6.92 Å². The van der Waals surface area contributed by atoms with Gasteiger partial charge in [0.2, 0.25) is 5.95 Å². The number of ether oxygens (including phenoxy) is 1. The van der Waals surface area contributed by atoms with E-state index in [-0.39, 0.29) is 17.3 Å². The smallest absolute Gasteiger partial charge is 0.252 e. The highest BCUT2D eigenvalue weighted by Crippen LogP contribution is 2.22. The highest BCUT2D eigenvalue weighted by Gasteiger charge is 2.01. The molecule has 7 nitrogen and oxygen atoms in total. The first kappa shape index (κ1) is 15.6. The van der Waals surface area contributed by atoms with E-state index in [1.54, 1.807) is 19.1 Å². The Morgan fingerprint density at radius 3 is 2.95 bits per heavy atom. The zero-order valence-corrected chi connectivity index (χ0v) is 12.5. The fourth-order valence-corrected chi connectivity index (χ4v) is 1.74. The molecule has 0 saturated carbocycles. The molecule has 22 heavy (non-hydrogen) atoms. The second-order valence-electron chi connectivity index (χ2n) is 4.67. The van der Waals surface area contributed by atoms with Crippen molar-refractivity contribution in [1.29, 1.82) is 0 Å². The molecule has 0 saturated heterocycles. The molecule has 0 bridgehead atoms. The number of aromatic hydroxyl groups is 1. The Bertz CT molecular complexity index is 725. The normalized spacial score (nSPS) is 10.8. The van der Waals surface area contributed by atoms with Gasteiger partial charge in [0.25, 0.3) is 5.56 Å². The number of hydrazone groups is 1. The maximum Gasteiger partial charge on any atom is 0.252 e. The number of aromatic amines is 1. The molecule has 0 amide bonds. The van der Waals surface area contributed by atoms with Crippen LogP contribution in [0.15, 0.2) is 34.2 Å². The van der Waals surface area contributed by atoms with E-state index < -0.39 is 0 Å². The Hall–Kier alpha value is -2.83. The second-order valence-corrected chi connectivity index (χ2v) is 4.67. The average molecular weight is 302 g/mol. The van der Waals surface area contributed by atoms with E-state index >= 15 is 0 Å². The van der Waals surface area contributed by atoms with Gasteiger partial charge in [-0.15, -0.1) is 0 Å². The molecule has 0 unspecified atom stereocenters. The number of hydrogen-bond acceptors (Lipinski definition) is 6. The standard InChI is InChI=1S/C15H18N4O3/c1-3-6-22-12-5-4-11(13(20)8-12)9-16-19-15-17-10(2)7-14(21)18-15/h4-5,7-9,20H,3,6H2,1-2H3,(H2,17,18,19,21). The van der Waals surface area contributed by atoms with E-state index in [0.29, 0.717) is 23.6 Å². The Morgan fingerprint density at radius 2 is 2.27 bits per heavy atom. The molecule has 0 aliphatic rings. The van der Waals surface area contributed by atoms with Crippen LogP contribution in [0.5, 0.6) is 11.5 Å². The van der Waals surface area contributed by atoms with Crippen LogP contribution >= 0.6 is 0 Å². The molecule has 3 N–H and O–H groups in total. The molecule has 0 radical (unpaired) electrons. The average Bonchev–Trinajstić information content (AvgIpc) is 2.46. The van der Waals surface area contributed by atoms with Gasteiger partial charge in [-0.25, -0.2) is 10.4 Å². The second kappa shape index (κ2) is 7.26. The van der Waals surface area contributed by atoms with Crippen molar-refractivity contribution in [2.45, 2.75) is 20.3 Å². The molecule has 0 fully saturated rings. The van der Waals surface area contributed by atoms with Crippen molar-refractivity contribution in [2.24, 2.45) is 5.10 Å². The molecule has 0 spiro atoms. The van der Waals surface area contributed by atoms with Gasteiger partial charge in [0, 0.05) is 23.4 Å². The lowest BCUT2D eigenvalue weighted by Gasteiger charge is -2.06. The number of H-pyrrole nitrogens is 1. The van der Waals surface area contributed by atoms with E-state index in [1.807, 2.05) is 6.92 Å². The highest BCUT2D eigenvalue weighted by molar-refractivity contribution is 5.84. The third-order valence-corrected chi connectivity index (χ3v) is 2.72. The summed E-state index contributed by atoms with van der Waals surface area (Å²) < 4.78 is 5.42. The maximum absolute atomic E-state index is 11.3. The van der Waals surface area contributed by atoms with Gasteiger partial charge in [-0.3, -0.25) is 9.78 Å². The third kappa shape index (κ3) is 4.34. The number of rotatable bonds is 6. The summed E-state index contributed by atoms with van der Waals surface area (Å²) >= 11 is 0. The van der Waals surface area contributed by atoms with Crippen molar-refractivity contribution in [3.05, 3.63) is 45.9 Å². The van der Waals surface area contributed by atoms with E-state index in [1.165, 1.54) is 18.3 Å². The summed E-state index contributed by atoms with van der Waals surface area (Å²) in [6.07, 6.45) is 2.33. The monoisotopic (exact) mass is 302 g/mol. The topological polar surface area (TPSA) is 99.6 Å². The predicted molar refractivity (Wildman–Crippen MR) is 84.7 cm³/mol. The number of aryl methyl sites for hydroxylation is 1. The van der Waals surface area contributed by atoms with Crippen LogP contribution in [-0.4, -0.2) is 27.9 Å². The zero-order chi connectivity index (χ0) is 15.9. The molecule has 116 valence electrons. The van der Waals surface area contributed by atoms with E-state index in [9.17, 15) is 9.90 Å². The summed E-state index contributed by atoms with van der Waals surface area (Å²) in [6.45, 7) is 4.32. The van der Waals surface area contributed by atoms with Crippen LogP contribution in [0.3, 0.4) is 0 Å². The summed E-state index contributed by atoms with van der Waals surface area (Å²) in [4.78, 5) is 17.9. The van der Waals surface area contributed by atoms with Crippen molar-refractivity contribution in [3.63, 3.8) is 0 Å². The van der Waals surface area contributed by atoms with Gasteiger partial charge in [-0.05, 0) is 25.5 Å². The molecular weight excluding hydrogens is 284 g/mol. The zero-order valence-electron chi connectivity index (χ0n) is 12.5. The maximum atomic E-state index is 11.3. The van der Waals surface area contributed by atoms with Crippen LogP contribution < -0.4 is 15.7 Å². The van der Waals surface area contributed by atoms with Crippen LogP contribution in [0.1, 0.15) is 24.6 Å². The van der Waals surface area contributed by atoms with Crippen LogP contribution in [0.25, 0.3) is 0 Å². The number of nitrogens with one attached hydrogen (secondary N) is 2. The van der Waals surface area contributed by atoms with Crippen LogP contribution in [0.4, 0.5) is 5.95 Å². The predicted octanol–water partition coefficient (Wildman–Crippen LogP) is 2.02. The van der Waals surface area contributed by atoms with Gasteiger partial charge in [-0.2, -0.15) is 5.10 Å². The van der Waals surface area contributed by atoms with Crippen molar-refractivity contribution < 1.29 is 9.84 Å². The first-order valence-electron chi connectivity index (χ1n) is 6.91. The van der Waals surface area contributed by atoms with E-state index in [0.717, 1.165) is 6.42 Å².